The molecule has 0 spiro atoms. The zero-order valence-corrected chi connectivity index (χ0v) is 11.8. The van der Waals surface area contributed by atoms with Gasteiger partial charge in [-0.05, 0) is 31.7 Å². The Balaban J connectivity index is 1.97. The van der Waals surface area contributed by atoms with Crippen molar-refractivity contribution in [2.45, 2.75) is 39.5 Å². The lowest BCUT2D eigenvalue weighted by molar-refractivity contribution is 0.0953. The number of pyridine rings is 1. The van der Waals surface area contributed by atoms with Gasteiger partial charge in [0.05, 0.1) is 11.3 Å². The summed E-state index contributed by atoms with van der Waals surface area (Å²) in [6.07, 6.45) is 6.45. The molecule has 1 aliphatic carbocycles. The third kappa shape index (κ3) is 4.23. The van der Waals surface area contributed by atoms with Crippen molar-refractivity contribution in [2.75, 3.05) is 18.4 Å². The highest BCUT2D eigenvalue weighted by Gasteiger charge is 2.21. The van der Waals surface area contributed by atoms with Gasteiger partial charge >= 0.3 is 0 Å². The van der Waals surface area contributed by atoms with Crippen LogP contribution in [-0.2, 0) is 0 Å². The molecule has 1 saturated carbocycles. The zero-order chi connectivity index (χ0) is 13.7. The van der Waals surface area contributed by atoms with Crippen LogP contribution in [0, 0.1) is 12.8 Å². The van der Waals surface area contributed by atoms with E-state index in [1.165, 1.54) is 12.8 Å². The average Bonchev–Trinajstić information content (AvgIpc) is 3.20. The molecule has 0 bridgehead atoms. The minimum atomic E-state index is -0.0215. The fraction of sp³-hybridized carbons (Fsp3) is 0.600. The second kappa shape index (κ2) is 6.55. The maximum atomic E-state index is 12.2. The molecule has 4 heteroatoms. The van der Waals surface area contributed by atoms with Crippen LogP contribution >= 0.6 is 0 Å². The maximum Gasteiger partial charge on any atom is 0.254 e. The molecule has 1 aliphatic rings. The summed E-state index contributed by atoms with van der Waals surface area (Å²) in [5.74, 6) is 0.820. The van der Waals surface area contributed by atoms with Crippen molar-refractivity contribution in [3.8, 4) is 0 Å². The molecular formula is C15H23N3O. The molecule has 4 nitrogen and oxygen atoms in total. The molecule has 0 aromatic carbocycles. The number of rotatable bonds is 7. The second-order valence-electron chi connectivity index (χ2n) is 5.29. The fourth-order valence-electron chi connectivity index (χ4n) is 2.04. The van der Waals surface area contributed by atoms with E-state index in [1.807, 2.05) is 13.0 Å². The number of carbonyl (C=O) groups is 1. The summed E-state index contributed by atoms with van der Waals surface area (Å²) < 4.78 is 0. The lowest BCUT2D eigenvalue weighted by Crippen LogP contribution is -2.26. The van der Waals surface area contributed by atoms with E-state index in [0.717, 1.165) is 43.2 Å². The van der Waals surface area contributed by atoms with Crippen molar-refractivity contribution >= 4 is 11.6 Å². The molecule has 1 amide bonds. The summed E-state index contributed by atoms with van der Waals surface area (Å²) in [4.78, 5) is 16.4. The van der Waals surface area contributed by atoms with Crippen molar-refractivity contribution in [3.63, 3.8) is 0 Å². The minimum absolute atomic E-state index is 0.0215. The van der Waals surface area contributed by atoms with E-state index in [1.54, 1.807) is 6.20 Å². The number of aromatic nitrogens is 1. The molecule has 104 valence electrons. The molecule has 0 unspecified atom stereocenters. The third-order valence-corrected chi connectivity index (χ3v) is 3.39. The number of nitrogens with zero attached hydrogens (tertiary/aromatic N) is 1. The van der Waals surface area contributed by atoms with Crippen molar-refractivity contribution in [3.05, 3.63) is 23.5 Å². The number of carbonyl (C=O) groups excluding carboxylic acids is 1. The summed E-state index contributed by atoms with van der Waals surface area (Å²) >= 11 is 0. The first-order valence-electron chi connectivity index (χ1n) is 7.19. The Morgan fingerprint density at radius 3 is 2.89 bits per heavy atom. The Hall–Kier alpha value is -1.58. The van der Waals surface area contributed by atoms with Crippen LogP contribution in [0.1, 0.15) is 48.7 Å². The van der Waals surface area contributed by atoms with Crippen molar-refractivity contribution in [1.29, 1.82) is 0 Å². The predicted octanol–water partition coefficient (Wildman–Crippen LogP) is 2.74. The largest absolute Gasteiger partial charge is 0.384 e. The average molecular weight is 261 g/mol. The van der Waals surface area contributed by atoms with Crippen molar-refractivity contribution in [1.82, 2.24) is 10.3 Å². The van der Waals surface area contributed by atoms with Gasteiger partial charge in [-0.25, -0.2) is 0 Å². The van der Waals surface area contributed by atoms with Crippen LogP contribution in [0.4, 0.5) is 5.69 Å². The molecule has 0 radical (unpaired) electrons. The minimum Gasteiger partial charge on any atom is -0.384 e. The Labute approximate surface area is 115 Å². The summed E-state index contributed by atoms with van der Waals surface area (Å²) in [6, 6.07) is 1.94. The number of nitrogens with one attached hydrogen (secondary N) is 2. The quantitative estimate of drug-likeness (QED) is 0.793. The monoisotopic (exact) mass is 261 g/mol. The van der Waals surface area contributed by atoms with Gasteiger partial charge in [0.2, 0.25) is 0 Å². The Morgan fingerprint density at radius 2 is 2.21 bits per heavy atom. The van der Waals surface area contributed by atoms with E-state index in [0.29, 0.717) is 5.56 Å². The molecule has 19 heavy (non-hydrogen) atoms. The number of amides is 1. The van der Waals surface area contributed by atoms with E-state index in [9.17, 15) is 4.79 Å². The van der Waals surface area contributed by atoms with E-state index >= 15 is 0 Å². The highest BCUT2D eigenvalue weighted by molar-refractivity contribution is 5.99. The Kier molecular flexibility index (Phi) is 4.77. The lowest BCUT2D eigenvalue weighted by atomic mass is 10.2. The highest BCUT2D eigenvalue weighted by Crippen LogP contribution is 2.31. The van der Waals surface area contributed by atoms with Gasteiger partial charge in [0.25, 0.3) is 5.91 Å². The Morgan fingerprint density at radius 1 is 1.42 bits per heavy atom. The number of hydrogen-bond acceptors (Lipinski definition) is 3. The van der Waals surface area contributed by atoms with Gasteiger partial charge in [-0.1, -0.05) is 19.8 Å². The number of hydrogen-bond donors (Lipinski definition) is 2. The summed E-state index contributed by atoms with van der Waals surface area (Å²) in [7, 11) is 0. The van der Waals surface area contributed by atoms with Gasteiger partial charge in [0.1, 0.15) is 0 Å². The van der Waals surface area contributed by atoms with E-state index in [-0.39, 0.29) is 5.91 Å². The van der Waals surface area contributed by atoms with Crippen LogP contribution in [0.25, 0.3) is 0 Å². The van der Waals surface area contributed by atoms with Gasteiger partial charge in [0.15, 0.2) is 0 Å². The first-order valence-corrected chi connectivity index (χ1v) is 7.19. The smallest absolute Gasteiger partial charge is 0.254 e. The number of aryl methyl sites for hydroxylation is 1. The molecular weight excluding hydrogens is 238 g/mol. The molecule has 2 rings (SSSR count). The first-order chi connectivity index (χ1) is 9.20. The second-order valence-corrected chi connectivity index (χ2v) is 5.29. The topological polar surface area (TPSA) is 54.0 Å². The van der Waals surface area contributed by atoms with Crippen LogP contribution in [0.3, 0.4) is 0 Å². The molecule has 0 atom stereocenters. The van der Waals surface area contributed by atoms with Crippen molar-refractivity contribution in [2.24, 2.45) is 5.92 Å². The first kappa shape index (κ1) is 13.8. The van der Waals surface area contributed by atoms with Gasteiger partial charge < -0.3 is 10.6 Å². The zero-order valence-electron chi connectivity index (χ0n) is 11.8. The summed E-state index contributed by atoms with van der Waals surface area (Å²) in [6.45, 7) is 5.68. The van der Waals surface area contributed by atoms with Gasteiger partial charge in [-0.3, -0.25) is 9.78 Å². The van der Waals surface area contributed by atoms with Gasteiger partial charge in [-0.15, -0.1) is 0 Å². The standard InChI is InChI=1S/C15H23N3O/c1-3-7-16-14-9-11(2)18-10-13(14)15(19)17-8-6-12-4-5-12/h9-10,12H,3-8H2,1-2H3,(H,16,18)(H,17,19). The molecule has 1 aromatic rings. The summed E-state index contributed by atoms with van der Waals surface area (Å²) in [5, 5.41) is 6.28. The number of anilines is 1. The van der Waals surface area contributed by atoms with Crippen LogP contribution in [0.5, 0.6) is 0 Å². The van der Waals surface area contributed by atoms with Crippen LogP contribution < -0.4 is 10.6 Å². The summed E-state index contributed by atoms with van der Waals surface area (Å²) in [5.41, 5.74) is 2.46. The van der Waals surface area contributed by atoms with Crippen LogP contribution in [0.2, 0.25) is 0 Å². The third-order valence-electron chi connectivity index (χ3n) is 3.39. The van der Waals surface area contributed by atoms with E-state index < -0.39 is 0 Å². The molecule has 0 saturated heterocycles. The Bertz CT molecular complexity index is 441. The van der Waals surface area contributed by atoms with Crippen LogP contribution in [0.15, 0.2) is 12.3 Å². The van der Waals surface area contributed by atoms with Gasteiger partial charge in [0, 0.05) is 25.0 Å². The highest BCUT2D eigenvalue weighted by atomic mass is 16.1. The lowest BCUT2D eigenvalue weighted by Gasteiger charge is -2.12. The fourth-order valence-corrected chi connectivity index (χ4v) is 2.04. The van der Waals surface area contributed by atoms with E-state index in [4.69, 9.17) is 0 Å². The SMILES string of the molecule is CCCNc1cc(C)ncc1C(=O)NCCC1CC1. The van der Waals surface area contributed by atoms with Crippen LogP contribution in [-0.4, -0.2) is 24.0 Å². The normalized spacial score (nSPS) is 14.2. The maximum absolute atomic E-state index is 12.2. The van der Waals surface area contributed by atoms with Crippen molar-refractivity contribution < 1.29 is 4.79 Å². The van der Waals surface area contributed by atoms with E-state index in [2.05, 4.69) is 22.5 Å². The molecule has 1 fully saturated rings. The molecule has 2 N–H and O–H groups in total. The van der Waals surface area contributed by atoms with Gasteiger partial charge in [-0.2, -0.15) is 0 Å². The molecule has 1 aromatic heterocycles. The molecule has 1 heterocycles. The molecule has 0 aliphatic heterocycles. The predicted molar refractivity (Wildman–Crippen MR) is 77.4 cm³/mol.